The van der Waals surface area contributed by atoms with Crippen molar-refractivity contribution < 1.29 is 14.3 Å². The Labute approximate surface area is 161 Å². The molecular formula is C20H19N5O3. The van der Waals surface area contributed by atoms with Crippen LogP contribution in [0.2, 0.25) is 0 Å². The van der Waals surface area contributed by atoms with Crippen molar-refractivity contribution in [3.63, 3.8) is 0 Å². The Balaban J connectivity index is 1.58. The van der Waals surface area contributed by atoms with Gasteiger partial charge in [0.25, 0.3) is 11.8 Å². The maximum Gasteiger partial charge on any atom is 0.262 e. The van der Waals surface area contributed by atoms with Crippen LogP contribution in [-0.2, 0) is 11.3 Å². The lowest BCUT2D eigenvalue weighted by molar-refractivity contribution is -0.127. The summed E-state index contributed by atoms with van der Waals surface area (Å²) in [6.45, 7) is 0.726. The molecule has 0 unspecified atom stereocenters. The first-order valence-corrected chi connectivity index (χ1v) is 8.86. The van der Waals surface area contributed by atoms with E-state index in [1.165, 1.54) is 6.33 Å². The largest absolute Gasteiger partial charge is 0.477 e. The average molecular weight is 377 g/mol. The highest BCUT2D eigenvalue weighted by molar-refractivity contribution is 6.07. The van der Waals surface area contributed by atoms with Gasteiger partial charge in [0.05, 0.1) is 18.8 Å². The zero-order valence-electron chi connectivity index (χ0n) is 15.3. The van der Waals surface area contributed by atoms with Gasteiger partial charge >= 0.3 is 0 Å². The number of nitrogens with zero attached hydrogens (tertiary/aromatic N) is 4. The van der Waals surface area contributed by atoms with Crippen LogP contribution in [0.4, 0.5) is 5.69 Å². The van der Waals surface area contributed by atoms with Crippen LogP contribution < -0.4 is 15.0 Å². The second-order valence-corrected chi connectivity index (χ2v) is 6.39. The molecule has 0 radical (unpaired) electrons. The number of nitrogens with one attached hydrogen (secondary N) is 1. The smallest absolute Gasteiger partial charge is 0.262 e. The predicted molar refractivity (Wildman–Crippen MR) is 102 cm³/mol. The van der Waals surface area contributed by atoms with Gasteiger partial charge < -0.3 is 15.0 Å². The summed E-state index contributed by atoms with van der Waals surface area (Å²) in [5, 5.41) is 6.66. The molecule has 3 aromatic rings. The third kappa shape index (κ3) is 3.44. The fourth-order valence-electron chi connectivity index (χ4n) is 3.13. The average Bonchev–Trinajstić information content (AvgIpc) is 3.25. The van der Waals surface area contributed by atoms with Crippen molar-refractivity contribution in [3.05, 3.63) is 72.3 Å². The number of likely N-dealkylation sites (N-methyl/N-ethyl adjacent to an activating group) is 1. The van der Waals surface area contributed by atoms with E-state index in [0.29, 0.717) is 23.5 Å². The summed E-state index contributed by atoms with van der Waals surface area (Å²) in [4.78, 5) is 30.8. The zero-order valence-corrected chi connectivity index (χ0v) is 15.3. The van der Waals surface area contributed by atoms with E-state index in [2.05, 4.69) is 15.4 Å². The highest BCUT2D eigenvalue weighted by Gasteiger charge is 2.33. The number of amides is 2. The molecule has 0 saturated carbocycles. The molecule has 0 aliphatic carbocycles. The van der Waals surface area contributed by atoms with E-state index in [9.17, 15) is 9.59 Å². The lowest BCUT2D eigenvalue weighted by Crippen LogP contribution is -2.50. The van der Waals surface area contributed by atoms with Gasteiger partial charge in [-0.3, -0.25) is 9.59 Å². The van der Waals surface area contributed by atoms with E-state index < -0.39 is 6.10 Å². The summed E-state index contributed by atoms with van der Waals surface area (Å²) in [6, 6.07) is 14.5. The molecule has 0 spiro atoms. The zero-order chi connectivity index (χ0) is 19.5. The Hall–Kier alpha value is -3.68. The van der Waals surface area contributed by atoms with Crippen molar-refractivity contribution in [1.29, 1.82) is 0 Å². The number of carbonyl (C=O) groups excluding carboxylic acids is 2. The highest BCUT2D eigenvalue weighted by Crippen LogP contribution is 2.34. The number of hydrogen-bond acceptors (Lipinski definition) is 5. The molecule has 1 aliphatic heterocycles. The Kier molecular flexibility index (Phi) is 4.76. The first kappa shape index (κ1) is 17.7. The minimum Gasteiger partial charge on any atom is -0.477 e. The summed E-state index contributed by atoms with van der Waals surface area (Å²) < 4.78 is 7.47. The molecular weight excluding hydrogens is 358 g/mol. The van der Waals surface area contributed by atoms with Crippen LogP contribution in [0.25, 0.3) is 0 Å². The standard InChI is InChI=1S/C20H19N5O3/c1-21-19(26)18-11-25(16-4-2-3-5-17(16)28-18)20(27)15-8-6-14(7-9-15)10-24-13-22-12-23-24/h2-9,12-13,18H,10-11H2,1H3,(H,21,26)/t18-/m0/s1. The molecule has 2 heterocycles. The number of para-hydroxylation sites is 2. The molecule has 4 rings (SSSR count). The predicted octanol–water partition coefficient (Wildman–Crippen LogP) is 1.48. The molecule has 0 saturated heterocycles. The minimum absolute atomic E-state index is 0.149. The van der Waals surface area contributed by atoms with Crippen molar-refractivity contribution in [1.82, 2.24) is 20.1 Å². The van der Waals surface area contributed by atoms with Crippen LogP contribution >= 0.6 is 0 Å². The highest BCUT2D eigenvalue weighted by atomic mass is 16.5. The van der Waals surface area contributed by atoms with Crippen LogP contribution in [0.1, 0.15) is 15.9 Å². The van der Waals surface area contributed by atoms with Crippen molar-refractivity contribution >= 4 is 17.5 Å². The fourth-order valence-corrected chi connectivity index (χ4v) is 3.13. The second kappa shape index (κ2) is 7.51. The molecule has 142 valence electrons. The summed E-state index contributed by atoms with van der Waals surface area (Å²) in [6.07, 6.45) is 2.37. The van der Waals surface area contributed by atoms with Crippen molar-refractivity contribution in [2.75, 3.05) is 18.5 Å². The SMILES string of the molecule is CNC(=O)[C@@H]1CN(C(=O)c2ccc(Cn3cncn3)cc2)c2ccccc2O1. The van der Waals surface area contributed by atoms with E-state index >= 15 is 0 Å². The van der Waals surface area contributed by atoms with Crippen LogP contribution in [-0.4, -0.2) is 46.3 Å². The van der Waals surface area contributed by atoms with Crippen molar-refractivity contribution in [2.45, 2.75) is 12.6 Å². The van der Waals surface area contributed by atoms with E-state index in [-0.39, 0.29) is 18.4 Å². The lowest BCUT2D eigenvalue weighted by atomic mass is 10.1. The molecule has 1 N–H and O–H groups in total. The van der Waals surface area contributed by atoms with Gasteiger partial charge in [-0.15, -0.1) is 0 Å². The van der Waals surface area contributed by atoms with E-state index in [4.69, 9.17) is 4.74 Å². The number of benzene rings is 2. The summed E-state index contributed by atoms with van der Waals surface area (Å²) in [5.41, 5.74) is 2.20. The van der Waals surface area contributed by atoms with Gasteiger partial charge in [-0.2, -0.15) is 5.10 Å². The van der Waals surface area contributed by atoms with Gasteiger partial charge in [-0.1, -0.05) is 24.3 Å². The third-order valence-corrected chi connectivity index (χ3v) is 4.57. The van der Waals surface area contributed by atoms with Gasteiger partial charge in [-0.05, 0) is 29.8 Å². The Bertz CT molecular complexity index is 985. The fraction of sp³-hybridized carbons (Fsp3) is 0.200. The Morgan fingerprint density at radius 1 is 1.18 bits per heavy atom. The number of hydrogen-bond donors (Lipinski definition) is 1. The molecule has 1 atom stereocenters. The molecule has 8 heteroatoms. The lowest BCUT2D eigenvalue weighted by Gasteiger charge is -2.34. The number of aromatic nitrogens is 3. The maximum absolute atomic E-state index is 13.2. The summed E-state index contributed by atoms with van der Waals surface area (Å²) in [7, 11) is 1.55. The second-order valence-electron chi connectivity index (χ2n) is 6.39. The van der Waals surface area contributed by atoms with E-state index in [1.807, 2.05) is 30.3 Å². The number of ether oxygens (including phenoxy) is 1. The van der Waals surface area contributed by atoms with Crippen LogP contribution in [0.5, 0.6) is 5.75 Å². The molecule has 0 bridgehead atoms. The molecule has 1 aromatic heterocycles. The van der Waals surface area contributed by atoms with Crippen LogP contribution in [0.15, 0.2) is 61.2 Å². The number of rotatable bonds is 4. The topological polar surface area (TPSA) is 89.4 Å². The van der Waals surface area contributed by atoms with Crippen molar-refractivity contribution in [2.24, 2.45) is 0 Å². The number of fused-ring (bicyclic) bond motifs is 1. The molecule has 2 amide bonds. The van der Waals surface area contributed by atoms with E-state index in [0.717, 1.165) is 5.56 Å². The first-order valence-electron chi connectivity index (χ1n) is 8.86. The third-order valence-electron chi connectivity index (χ3n) is 4.57. The van der Waals surface area contributed by atoms with Gasteiger partial charge in [0.15, 0.2) is 6.10 Å². The quantitative estimate of drug-likeness (QED) is 0.744. The number of carbonyl (C=O) groups is 2. The molecule has 0 fully saturated rings. The van der Waals surface area contributed by atoms with E-state index in [1.54, 1.807) is 41.2 Å². The molecule has 8 nitrogen and oxygen atoms in total. The maximum atomic E-state index is 13.2. The van der Waals surface area contributed by atoms with Gasteiger partial charge in [0.2, 0.25) is 0 Å². The number of anilines is 1. The Morgan fingerprint density at radius 2 is 1.96 bits per heavy atom. The first-order chi connectivity index (χ1) is 13.7. The van der Waals surface area contributed by atoms with Gasteiger partial charge in [0.1, 0.15) is 18.4 Å². The molecule has 28 heavy (non-hydrogen) atoms. The minimum atomic E-state index is -0.754. The van der Waals surface area contributed by atoms with Crippen LogP contribution in [0, 0.1) is 0 Å². The van der Waals surface area contributed by atoms with Gasteiger partial charge in [-0.25, -0.2) is 9.67 Å². The Morgan fingerprint density at radius 3 is 2.68 bits per heavy atom. The summed E-state index contributed by atoms with van der Waals surface area (Å²) >= 11 is 0. The summed E-state index contributed by atoms with van der Waals surface area (Å²) in [5.74, 6) is 0.0611. The van der Waals surface area contributed by atoms with Crippen molar-refractivity contribution in [3.8, 4) is 5.75 Å². The molecule has 2 aromatic carbocycles. The molecule has 1 aliphatic rings. The normalized spacial score (nSPS) is 15.5. The monoisotopic (exact) mass is 377 g/mol. The van der Waals surface area contributed by atoms with Gasteiger partial charge in [0, 0.05) is 12.6 Å². The van der Waals surface area contributed by atoms with Crippen LogP contribution in [0.3, 0.4) is 0 Å².